The summed E-state index contributed by atoms with van der Waals surface area (Å²) in [6, 6.07) is 0. The summed E-state index contributed by atoms with van der Waals surface area (Å²) in [5.74, 6) is -3.41. The summed E-state index contributed by atoms with van der Waals surface area (Å²) in [7, 11) is 0. The number of rotatable bonds is 85. The van der Waals surface area contributed by atoms with Gasteiger partial charge in [0, 0.05) is 32.1 Å². The van der Waals surface area contributed by atoms with Gasteiger partial charge < -0.3 is 49.2 Å². The van der Waals surface area contributed by atoms with Gasteiger partial charge in [0.15, 0.2) is 30.7 Å². The first-order valence-electron chi connectivity index (χ1n) is 46.7. The van der Waals surface area contributed by atoms with Gasteiger partial charge in [0.25, 0.3) is 0 Å². The first-order chi connectivity index (χ1) is 54.6. The van der Waals surface area contributed by atoms with Crippen LogP contribution in [0.4, 0.5) is 0 Å². The van der Waals surface area contributed by atoms with Gasteiger partial charge in [-0.3, -0.25) is 28.8 Å². The fourth-order valence-electron chi connectivity index (χ4n) is 13.9. The van der Waals surface area contributed by atoms with E-state index in [1.807, 2.05) is 0 Å². The van der Waals surface area contributed by atoms with Gasteiger partial charge in [-0.2, -0.15) is 0 Å². The number of unbranched alkanes of at least 4 members (excludes halogenated alkanes) is 40. The quantitative estimate of drug-likeness (QED) is 0.0125. The molecule has 0 bridgehead atoms. The maximum absolute atomic E-state index is 14.4. The molecule has 652 valence electrons. The molecule has 0 saturated carbocycles. The molecule has 0 fully saturated rings. The molecule has 0 radical (unpaired) electrons. The van der Waals surface area contributed by atoms with Crippen molar-refractivity contribution in [1.29, 1.82) is 0 Å². The van der Waals surface area contributed by atoms with Crippen LogP contribution in [-0.2, 0) is 52.5 Å². The van der Waals surface area contributed by atoms with Crippen molar-refractivity contribution in [3.05, 3.63) is 60.8 Å². The van der Waals surface area contributed by atoms with Gasteiger partial charge in [0.05, 0.1) is 30.5 Å². The van der Waals surface area contributed by atoms with Crippen molar-refractivity contribution in [2.24, 2.45) is 0 Å². The van der Waals surface area contributed by atoms with Crippen molar-refractivity contribution in [3.8, 4) is 0 Å². The lowest BCUT2D eigenvalue weighted by molar-refractivity contribution is -0.204. The Morgan fingerprint density at radius 3 is 0.741 bits per heavy atom. The third-order valence-corrected chi connectivity index (χ3v) is 21.2. The lowest BCUT2D eigenvalue weighted by atomic mass is 10.0. The Morgan fingerprint density at radius 2 is 0.473 bits per heavy atom. The third kappa shape index (κ3) is 73.2. The molecule has 0 aromatic carbocycles. The summed E-state index contributed by atoms with van der Waals surface area (Å²) in [6.07, 6.45) is 66.9. The standard InChI is InChI=1S/C96H172O16/c1-6-11-16-51-66-83(98)71-56-41-31-21-26-36-46-61-76-90(103)108-82-89(110-92(105)78-63-48-38-28-23-33-43-58-73-85(100)68-53-18-13-8-3)96(112-94(107)80-65-50-40-30-25-35-45-60-75-87(102)70-55-20-15-10-5)95(111-93(106)79-64-49-39-29-24-34-44-59-74-86(101)69-54-19-14-9-4)88(81-97)109-91(104)77-62-47-37-27-22-32-42-57-72-84(99)67-52-17-12-7-2/h41-45,56-60,81,83-89,95-96,98-102H,6-40,46-55,61-80,82H2,1-5H3/b56-41-,57-42-,58-43-,59-44-,60-45-/t83-,84-,85-,86-,87-,88+,89-,95-,96-/m1/s1. The van der Waals surface area contributed by atoms with Gasteiger partial charge in [-0.25, -0.2) is 0 Å². The van der Waals surface area contributed by atoms with E-state index in [0.717, 1.165) is 263 Å². The van der Waals surface area contributed by atoms with Crippen molar-refractivity contribution in [1.82, 2.24) is 0 Å². The number of aldehydes is 1. The van der Waals surface area contributed by atoms with Crippen molar-refractivity contribution in [2.75, 3.05) is 6.61 Å². The minimum Gasteiger partial charge on any atom is -0.462 e. The van der Waals surface area contributed by atoms with Crippen LogP contribution in [0.2, 0.25) is 0 Å². The summed E-state index contributed by atoms with van der Waals surface area (Å²) < 4.78 is 30.7. The Kier molecular flexibility index (Phi) is 79.7. The Hall–Kier alpha value is -4.48. The van der Waals surface area contributed by atoms with Crippen LogP contribution < -0.4 is 0 Å². The number of hydrogen-bond donors (Lipinski definition) is 5. The molecule has 0 amide bonds. The van der Waals surface area contributed by atoms with Crippen LogP contribution in [0.25, 0.3) is 0 Å². The van der Waals surface area contributed by atoms with Gasteiger partial charge >= 0.3 is 29.8 Å². The third-order valence-electron chi connectivity index (χ3n) is 21.2. The van der Waals surface area contributed by atoms with Gasteiger partial charge in [0.1, 0.15) is 6.61 Å². The van der Waals surface area contributed by atoms with E-state index >= 15 is 0 Å². The molecule has 9 atom stereocenters. The Morgan fingerprint density at radius 1 is 0.250 bits per heavy atom. The van der Waals surface area contributed by atoms with E-state index in [-0.39, 0.29) is 62.6 Å². The Balaban J connectivity index is 6.91. The summed E-state index contributed by atoms with van der Waals surface area (Å²) in [4.78, 5) is 84.4. The molecule has 0 aliphatic rings. The average molecular weight is 1580 g/mol. The first kappa shape index (κ1) is 108. The summed E-state index contributed by atoms with van der Waals surface area (Å²) in [5, 5.41) is 52.0. The summed E-state index contributed by atoms with van der Waals surface area (Å²) in [5.41, 5.74) is 0. The first-order valence-corrected chi connectivity index (χ1v) is 46.7. The van der Waals surface area contributed by atoms with Crippen LogP contribution in [0.15, 0.2) is 60.8 Å². The number of carbonyl (C=O) groups excluding carboxylic acids is 6. The lowest BCUT2D eigenvalue weighted by Crippen LogP contribution is -2.54. The largest absolute Gasteiger partial charge is 0.462 e. The molecule has 0 spiro atoms. The Bertz CT molecular complexity index is 2300. The van der Waals surface area contributed by atoms with E-state index in [4.69, 9.17) is 23.7 Å². The van der Waals surface area contributed by atoms with Gasteiger partial charge in [-0.15, -0.1) is 0 Å². The molecule has 16 heteroatoms. The Labute approximate surface area is 684 Å². The SMILES string of the molecule is CCCCCC[C@@H](O)C/C=C\CCCCCCCC(=O)OC[C@@H](OC(=O)CCCCCCC/C=C\C[C@H](O)CCCCCC)[C@@H](OC(=O)CCCCCCC/C=C\C[C@H](O)CCCCCC)[C@H](OC(=O)CCCCCCC/C=C\C[C@H](O)CCCCCC)[C@H](C=O)OC(=O)CCCCCCC/C=C\C[C@H](O)CCCCCC. The molecule has 16 nitrogen and oxygen atoms in total. The maximum atomic E-state index is 14.4. The van der Waals surface area contributed by atoms with E-state index in [0.29, 0.717) is 83.3 Å². The molecular weight excluding hydrogens is 1410 g/mol. The molecule has 112 heavy (non-hydrogen) atoms. The molecular formula is C96H172O16. The minimum absolute atomic E-state index is 0.0237. The highest BCUT2D eigenvalue weighted by atomic mass is 16.6. The van der Waals surface area contributed by atoms with Gasteiger partial charge in [0.2, 0.25) is 0 Å². The number of hydrogen-bond acceptors (Lipinski definition) is 16. The lowest BCUT2D eigenvalue weighted by Gasteiger charge is -2.34. The highest BCUT2D eigenvalue weighted by Crippen LogP contribution is 2.25. The van der Waals surface area contributed by atoms with Crippen LogP contribution >= 0.6 is 0 Å². The highest BCUT2D eigenvalue weighted by molar-refractivity contribution is 5.75. The number of allylic oxidation sites excluding steroid dienone is 5. The second kappa shape index (κ2) is 83.0. The monoisotopic (exact) mass is 1580 g/mol. The van der Waals surface area contributed by atoms with E-state index in [2.05, 4.69) is 95.4 Å². The molecule has 5 N–H and O–H groups in total. The molecule has 0 rings (SSSR count). The molecule has 0 aliphatic carbocycles. The van der Waals surface area contributed by atoms with Crippen LogP contribution in [-0.4, -0.2) is 123 Å². The zero-order valence-electron chi connectivity index (χ0n) is 72.4. The fourth-order valence-corrected chi connectivity index (χ4v) is 13.9. The molecule has 0 heterocycles. The van der Waals surface area contributed by atoms with Crippen molar-refractivity contribution < 1.29 is 78.0 Å². The number of ether oxygens (including phenoxy) is 5. The predicted molar refractivity (Wildman–Crippen MR) is 461 cm³/mol. The average Bonchev–Trinajstić information content (AvgIpc) is 0.825. The second-order valence-corrected chi connectivity index (χ2v) is 32.3. The fraction of sp³-hybridized carbons (Fsp3) is 0.833. The van der Waals surface area contributed by atoms with E-state index in [1.165, 1.54) is 44.9 Å². The summed E-state index contributed by atoms with van der Waals surface area (Å²) >= 11 is 0. The smallest absolute Gasteiger partial charge is 0.306 e. The van der Waals surface area contributed by atoms with Crippen LogP contribution in [0.5, 0.6) is 0 Å². The molecule has 0 aromatic rings. The number of esters is 5. The highest BCUT2D eigenvalue weighted by Gasteiger charge is 2.45. The molecule has 0 aromatic heterocycles. The van der Waals surface area contributed by atoms with Crippen LogP contribution in [0.1, 0.15) is 452 Å². The zero-order valence-corrected chi connectivity index (χ0v) is 72.4. The predicted octanol–water partition coefficient (Wildman–Crippen LogP) is 24.4. The molecule has 0 unspecified atom stereocenters. The van der Waals surface area contributed by atoms with Crippen molar-refractivity contribution in [2.45, 2.75) is 507 Å². The van der Waals surface area contributed by atoms with Crippen molar-refractivity contribution >= 4 is 36.1 Å². The normalized spacial score (nSPS) is 14.4. The van der Waals surface area contributed by atoms with Crippen molar-refractivity contribution in [3.63, 3.8) is 0 Å². The number of aliphatic hydroxyl groups excluding tert-OH is 5. The van der Waals surface area contributed by atoms with Gasteiger partial charge in [-0.05, 0) is 161 Å². The van der Waals surface area contributed by atoms with Gasteiger partial charge in [-0.1, -0.05) is 320 Å². The van der Waals surface area contributed by atoms with Crippen LogP contribution in [0, 0.1) is 0 Å². The van der Waals surface area contributed by atoms with Crippen LogP contribution in [0.3, 0.4) is 0 Å². The minimum atomic E-state index is -1.80. The number of carbonyl (C=O) groups is 6. The summed E-state index contributed by atoms with van der Waals surface area (Å²) in [6.45, 7) is 10.3. The maximum Gasteiger partial charge on any atom is 0.306 e. The zero-order chi connectivity index (χ0) is 82.1. The van der Waals surface area contributed by atoms with E-state index in [1.54, 1.807) is 0 Å². The molecule has 0 saturated heterocycles. The topological polar surface area (TPSA) is 250 Å². The van der Waals surface area contributed by atoms with E-state index in [9.17, 15) is 54.3 Å². The van der Waals surface area contributed by atoms with E-state index < -0.39 is 60.9 Å². The second-order valence-electron chi connectivity index (χ2n) is 32.3. The number of aliphatic hydroxyl groups is 5. The molecule has 0 aliphatic heterocycles.